The first kappa shape index (κ1) is 22.8. The fourth-order valence-electron chi connectivity index (χ4n) is 2.63. The van der Waals surface area contributed by atoms with Crippen molar-refractivity contribution in [2.24, 2.45) is 0 Å². The maximum atomic E-state index is 11.1. The number of hydrogen-bond donors (Lipinski definition) is 0. The molecule has 0 spiro atoms. The van der Waals surface area contributed by atoms with E-state index in [0.717, 1.165) is 30.5 Å². The van der Waals surface area contributed by atoms with Crippen LogP contribution in [0.15, 0.2) is 22.9 Å². The predicted octanol–water partition coefficient (Wildman–Crippen LogP) is 6.68. The molecule has 0 N–H and O–H groups in total. The first-order chi connectivity index (χ1) is 11.6. The van der Waals surface area contributed by atoms with Crippen molar-refractivity contribution in [1.29, 1.82) is 0 Å². The first-order valence-electron chi connectivity index (χ1n) is 9.67. The second kappa shape index (κ2) is 15.3. The SMILES string of the molecule is CCCCCCCCCCCC(O/C(OC)=C(\C=O)CC)=C(C)C. The summed E-state index contributed by atoms with van der Waals surface area (Å²) in [4.78, 5) is 11.1. The van der Waals surface area contributed by atoms with Crippen molar-refractivity contribution >= 4 is 6.29 Å². The molecular weight excluding hydrogens is 300 g/mol. The number of aldehydes is 1. The molecule has 0 aromatic carbocycles. The van der Waals surface area contributed by atoms with Crippen molar-refractivity contribution in [3.05, 3.63) is 22.9 Å². The molecule has 3 nitrogen and oxygen atoms in total. The third kappa shape index (κ3) is 10.5. The van der Waals surface area contributed by atoms with E-state index >= 15 is 0 Å². The number of rotatable bonds is 15. The van der Waals surface area contributed by atoms with E-state index in [1.165, 1.54) is 51.4 Å². The third-order valence-corrected chi connectivity index (χ3v) is 4.25. The van der Waals surface area contributed by atoms with Gasteiger partial charge in [-0.1, -0.05) is 65.2 Å². The highest BCUT2D eigenvalue weighted by Gasteiger charge is 2.11. The Hall–Kier alpha value is -1.25. The van der Waals surface area contributed by atoms with Gasteiger partial charge in [0.1, 0.15) is 5.76 Å². The van der Waals surface area contributed by atoms with Gasteiger partial charge in [0.05, 0.1) is 12.7 Å². The van der Waals surface area contributed by atoms with E-state index in [0.29, 0.717) is 17.9 Å². The van der Waals surface area contributed by atoms with Crippen molar-refractivity contribution < 1.29 is 14.3 Å². The number of methoxy groups -OCH3 is 1. The Morgan fingerprint density at radius 2 is 1.42 bits per heavy atom. The van der Waals surface area contributed by atoms with E-state index in [1.54, 1.807) is 7.11 Å². The maximum absolute atomic E-state index is 11.1. The Morgan fingerprint density at radius 1 is 0.875 bits per heavy atom. The molecule has 0 aromatic rings. The van der Waals surface area contributed by atoms with Gasteiger partial charge in [0.25, 0.3) is 5.95 Å². The van der Waals surface area contributed by atoms with Gasteiger partial charge < -0.3 is 9.47 Å². The summed E-state index contributed by atoms with van der Waals surface area (Å²) in [5.74, 6) is 1.28. The lowest BCUT2D eigenvalue weighted by atomic mass is 10.1. The minimum absolute atomic E-state index is 0.347. The first-order valence-corrected chi connectivity index (χ1v) is 9.67. The molecule has 0 unspecified atom stereocenters. The lowest BCUT2D eigenvalue weighted by molar-refractivity contribution is -0.105. The van der Waals surface area contributed by atoms with Crippen molar-refractivity contribution in [2.75, 3.05) is 7.11 Å². The van der Waals surface area contributed by atoms with E-state index in [-0.39, 0.29) is 0 Å². The number of hydrogen-bond acceptors (Lipinski definition) is 3. The third-order valence-electron chi connectivity index (χ3n) is 4.25. The molecule has 0 aliphatic heterocycles. The smallest absolute Gasteiger partial charge is 0.290 e. The van der Waals surface area contributed by atoms with Crippen LogP contribution in [0.25, 0.3) is 0 Å². The lowest BCUT2D eigenvalue weighted by Gasteiger charge is -2.15. The Kier molecular flexibility index (Phi) is 14.5. The van der Waals surface area contributed by atoms with Crippen LogP contribution in [0.1, 0.15) is 98.3 Å². The number of ether oxygens (including phenoxy) is 2. The normalized spacial score (nSPS) is 11.7. The van der Waals surface area contributed by atoms with Gasteiger partial charge in [-0.2, -0.15) is 0 Å². The van der Waals surface area contributed by atoms with E-state index in [1.807, 2.05) is 20.8 Å². The van der Waals surface area contributed by atoms with Gasteiger partial charge in [-0.25, -0.2) is 0 Å². The van der Waals surface area contributed by atoms with Crippen molar-refractivity contribution in [2.45, 2.75) is 98.3 Å². The van der Waals surface area contributed by atoms with Crippen LogP contribution < -0.4 is 0 Å². The molecule has 0 rings (SSSR count). The van der Waals surface area contributed by atoms with Crippen LogP contribution in [-0.4, -0.2) is 13.4 Å². The zero-order chi connectivity index (χ0) is 18.2. The van der Waals surface area contributed by atoms with Crippen LogP contribution >= 0.6 is 0 Å². The fourth-order valence-corrected chi connectivity index (χ4v) is 2.63. The largest absolute Gasteiger partial charge is 0.468 e. The molecule has 0 aliphatic carbocycles. The van der Waals surface area contributed by atoms with Gasteiger partial charge in [-0.15, -0.1) is 0 Å². The molecule has 0 saturated heterocycles. The molecule has 0 atom stereocenters. The maximum Gasteiger partial charge on any atom is 0.290 e. The van der Waals surface area contributed by atoms with E-state index < -0.39 is 0 Å². The highest BCUT2D eigenvalue weighted by atomic mass is 16.7. The van der Waals surface area contributed by atoms with E-state index in [9.17, 15) is 4.79 Å². The summed E-state index contributed by atoms with van der Waals surface area (Å²) in [7, 11) is 1.55. The van der Waals surface area contributed by atoms with E-state index in [2.05, 4.69) is 6.92 Å². The monoisotopic (exact) mass is 338 g/mol. The number of unbranched alkanes of at least 4 members (excludes halogenated alkanes) is 8. The molecule has 0 radical (unpaired) electrons. The molecule has 0 bridgehead atoms. The molecule has 0 saturated carbocycles. The minimum atomic E-state index is 0.347. The van der Waals surface area contributed by atoms with Crippen LogP contribution in [0.4, 0.5) is 0 Å². The Labute approximate surface area is 149 Å². The Morgan fingerprint density at radius 3 is 1.83 bits per heavy atom. The van der Waals surface area contributed by atoms with Gasteiger partial charge in [0.15, 0.2) is 6.29 Å². The average Bonchev–Trinajstić information content (AvgIpc) is 2.58. The second-order valence-electron chi connectivity index (χ2n) is 6.59. The molecule has 3 heteroatoms. The highest BCUT2D eigenvalue weighted by molar-refractivity contribution is 5.73. The Balaban J connectivity index is 4.18. The molecule has 0 aliphatic rings. The van der Waals surface area contributed by atoms with E-state index in [4.69, 9.17) is 9.47 Å². The van der Waals surface area contributed by atoms with Crippen molar-refractivity contribution in [1.82, 2.24) is 0 Å². The summed E-state index contributed by atoms with van der Waals surface area (Å²) < 4.78 is 11.1. The summed E-state index contributed by atoms with van der Waals surface area (Å²) in [5.41, 5.74) is 1.72. The Bertz CT molecular complexity index is 390. The van der Waals surface area contributed by atoms with Crippen LogP contribution in [0.5, 0.6) is 0 Å². The van der Waals surface area contributed by atoms with Crippen molar-refractivity contribution in [3.63, 3.8) is 0 Å². The zero-order valence-electron chi connectivity index (χ0n) is 16.6. The van der Waals surface area contributed by atoms with Crippen LogP contribution in [0.3, 0.4) is 0 Å². The molecule has 0 heterocycles. The summed E-state index contributed by atoms with van der Waals surface area (Å²) in [6, 6.07) is 0. The number of carbonyl (C=O) groups excluding carboxylic acids is 1. The predicted molar refractivity (Wildman–Crippen MR) is 102 cm³/mol. The second-order valence-corrected chi connectivity index (χ2v) is 6.59. The molecule has 0 aromatic heterocycles. The van der Waals surface area contributed by atoms with Crippen LogP contribution in [0, 0.1) is 0 Å². The highest BCUT2D eigenvalue weighted by Crippen LogP contribution is 2.21. The standard InChI is InChI=1S/C21H38O3/c1-6-8-9-10-11-12-13-14-15-16-20(18(3)4)24-21(23-5)19(7-2)17-22/h17H,6-16H2,1-5H3/b21-19-. The molecule has 140 valence electrons. The lowest BCUT2D eigenvalue weighted by Crippen LogP contribution is -2.03. The van der Waals surface area contributed by atoms with Gasteiger partial charge >= 0.3 is 0 Å². The van der Waals surface area contributed by atoms with Gasteiger partial charge in [0.2, 0.25) is 0 Å². The minimum Gasteiger partial charge on any atom is -0.468 e. The average molecular weight is 339 g/mol. The van der Waals surface area contributed by atoms with Gasteiger partial charge in [-0.3, -0.25) is 4.79 Å². The van der Waals surface area contributed by atoms with Crippen LogP contribution in [-0.2, 0) is 14.3 Å². The summed E-state index contributed by atoms with van der Waals surface area (Å²) in [6.45, 7) is 8.27. The molecule has 24 heavy (non-hydrogen) atoms. The van der Waals surface area contributed by atoms with Gasteiger partial charge in [0, 0.05) is 6.42 Å². The van der Waals surface area contributed by atoms with Crippen molar-refractivity contribution in [3.8, 4) is 0 Å². The quantitative estimate of drug-likeness (QED) is 0.144. The number of carbonyl (C=O) groups is 1. The van der Waals surface area contributed by atoms with Crippen LogP contribution in [0.2, 0.25) is 0 Å². The fraction of sp³-hybridized carbons (Fsp3) is 0.762. The number of allylic oxidation sites excluding steroid dienone is 3. The molecule has 0 amide bonds. The summed E-state index contributed by atoms with van der Waals surface area (Å²) in [5, 5.41) is 0. The molecular formula is C21H38O3. The summed E-state index contributed by atoms with van der Waals surface area (Å²) >= 11 is 0. The molecule has 0 fully saturated rings. The zero-order valence-corrected chi connectivity index (χ0v) is 16.6. The van der Waals surface area contributed by atoms with Gasteiger partial charge in [-0.05, 0) is 32.3 Å². The summed E-state index contributed by atoms with van der Waals surface area (Å²) in [6.07, 6.45) is 14.1. The topological polar surface area (TPSA) is 35.5 Å².